The molecule has 2 aliphatic heterocycles. The van der Waals surface area contributed by atoms with Crippen LogP contribution in [0.4, 0.5) is 11.4 Å². The van der Waals surface area contributed by atoms with Crippen molar-refractivity contribution in [1.29, 1.82) is 0 Å². The van der Waals surface area contributed by atoms with Crippen molar-refractivity contribution in [3.05, 3.63) is 131 Å². The molecule has 0 bridgehead atoms. The fourth-order valence-corrected chi connectivity index (χ4v) is 8.95. The van der Waals surface area contributed by atoms with Gasteiger partial charge in [-0.3, -0.25) is 19.2 Å². The number of hydrogen-bond acceptors (Lipinski definition) is 6. The Labute approximate surface area is 399 Å². The van der Waals surface area contributed by atoms with E-state index in [1.807, 2.05) is 106 Å². The van der Waals surface area contributed by atoms with Crippen LogP contribution in [0.2, 0.25) is 0 Å². The van der Waals surface area contributed by atoms with Crippen LogP contribution in [-0.2, 0) is 19.2 Å². The SMILES string of the molecule is C.CC(C)C(=O)Nc1cccc(C2CCN(CCCNC(=O)C(Br)c3ccccc3)CC2)c1.CCC(=O)Nc1cccc(C2CCN(CCCNC(=O)C(Br)c3ccccc3)CC2)c1. The third-order valence-corrected chi connectivity index (χ3v) is 13.7. The van der Waals surface area contributed by atoms with Gasteiger partial charge in [-0.05, 0) is 136 Å². The number of benzene rings is 4. The minimum Gasteiger partial charge on any atom is -0.355 e. The highest BCUT2D eigenvalue weighted by Crippen LogP contribution is 2.31. The predicted molar refractivity (Wildman–Crippen MR) is 270 cm³/mol. The quantitative estimate of drug-likeness (QED) is 0.0582. The van der Waals surface area contributed by atoms with Crippen LogP contribution in [0.25, 0.3) is 0 Å². The molecule has 2 heterocycles. The van der Waals surface area contributed by atoms with Gasteiger partial charge in [-0.15, -0.1) is 0 Å². The molecule has 6 rings (SSSR count). The Morgan fingerprint density at radius 2 is 0.984 bits per heavy atom. The van der Waals surface area contributed by atoms with Crippen LogP contribution in [0.3, 0.4) is 0 Å². The molecule has 0 spiro atoms. The summed E-state index contributed by atoms with van der Waals surface area (Å²) in [5, 5.41) is 12.0. The number of hydrogen-bond donors (Lipinski definition) is 4. The second-order valence-corrected chi connectivity index (χ2v) is 18.7. The molecule has 4 aromatic rings. The maximum absolute atomic E-state index is 12.3. The maximum atomic E-state index is 12.3. The molecule has 4 N–H and O–H groups in total. The monoisotopic (exact) mass is 1000 g/mol. The molecule has 12 heteroatoms. The Bertz CT molecular complexity index is 2020. The summed E-state index contributed by atoms with van der Waals surface area (Å²) in [6, 6.07) is 36.1. The van der Waals surface area contributed by atoms with E-state index in [-0.39, 0.29) is 46.6 Å². The Morgan fingerprint density at radius 1 is 0.578 bits per heavy atom. The van der Waals surface area contributed by atoms with Gasteiger partial charge in [-0.25, -0.2) is 0 Å². The molecular formula is C52H70Br2N6O4. The highest BCUT2D eigenvalue weighted by atomic mass is 79.9. The smallest absolute Gasteiger partial charge is 0.238 e. The summed E-state index contributed by atoms with van der Waals surface area (Å²) in [6.07, 6.45) is 6.86. The molecule has 4 aromatic carbocycles. The summed E-state index contributed by atoms with van der Waals surface area (Å²) >= 11 is 6.97. The van der Waals surface area contributed by atoms with Crippen molar-refractivity contribution in [1.82, 2.24) is 20.4 Å². The first-order valence-electron chi connectivity index (χ1n) is 22.7. The second kappa shape index (κ2) is 27.8. The van der Waals surface area contributed by atoms with Gasteiger partial charge in [0.1, 0.15) is 9.65 Å². The molecule has 0 radical (unpaired) electrons. The molecule has 2 atom stereocenters. The van der Waals surface area contributed by atoms with Crippen LogP contribution in [0.15, 0.2) is 109 Å². The Balaban J connectivity index is 0.000000276. The van der Waals surface area contributed by atoms with Gasteiger partial charge >= 0.3 is 0 Å². The number of nitrogens with zero attached hydrogens (tertiary/aromatic N) is 2. The van der Waals surface area contributed by atoms with Crippen molar-refractivity contribution >= 4 is 66.9 Å². The van der Waals surface area contributed by atoms with Crippen molar-refractivity contribution in [3.8, 4) is 0 Å². The Morgan fingerprint density at radius 3 is 1.38 bits per heavy atom. The fourth-order valence-electron chi connectivity index (χ4n) is 8.01. The number of halogens is 2. The number of nitrogens with one attached hydrogen (secondary N) is 4. The highest BCUT2D eigenvalue weighted by Gasteiger charge is 2.23. The number of amides is 4. The highest BCUT2D eigenvalue weighted by molar-refractivity contribution is 9.09. The summed E-state index contributed by atoms with van der Waals surface area (Å²) < 4.78 is 0. The van der Waals surface area contributed by atoms with Crippen molar-refractivity contribution in [2.24, 2.45) is 5.92 Å². The van der Waals surface area contributed by atoms with Gasteiger partial charge in [-0.1, -0.05) is 145 Å². The van der Waals surface area contributed by atoms with Gasteiger partial charge in [0.2, 0.25) is 23.6 Å². The van der Waals surface area contributed by atoms with Crippen molar-refractivity contribution in [2.45, 2.75) is 94.6 Å². The number of alkyl halides is 2. The average molecular weight is 1000 g/mol. The second-order valence-electron chi connectivity index (χ2n) is 16.9. The summed E-state index contributed by atoms with van der Waals surface area (Å²) in [5.41, 5.74) is 6.34. The van der Waals surface area contributed by atoms with E-state index in [0.717, 1.165) is 100 Å². The molecule has 4 amide bonds. The fraction of sp³-hybridized carbons (Fsp3) is 0.462. The third kappa shape index (κ3) is 17.2. The topological polar surface area (TPSA) is 123 Å². The first kappa shape index (κ1) is 52.3. The maximum Gasteiger partial charge on any atom is 0.238 e. The van der Waals surface area contributed by atoms with Crippen LogP contribution < -0.4 is 21.3 Å². The van der Waals surface area contributed by atoms with Crippen LogP contribution in [0, 0.1) is 5.92 Å². The van der Waals surface area contributed by atoms with Crippen LogP contribution in [0.1, 0.15) is 117 Å². The lowest BCUT2D eigenvalue weighted by Crippen LogP contribution is -2.36. The molecule has 2 unspecified atom stereocenters. The molecule has 64 heavy (non-hydrogen) atoms. The van der Waals surface area contributed by atoms with Gasteiger partial charge in [0.05, 0.1) is 0 Å². The normalized spacial score (nSPS) is 15.7. The number of likely N-dealkylation sites (tertiary alicyclic amines) is 2. The van der Waals surface area contributed by atoms with Crippen LogP contribution in [-0.4, -0.2) is 85.8 Å². The number of rotatable bonds is 18. The summed E-state index contributed by atoms with van der Waals surface area (Å²) in [4.78, 5) is 52.6. The van der Waals surface area contributed by atoms with Gasteiger partial charge < -0.3 is 31.1 Å². The lowest BCUT2D eigenvalue weighted by Gasteiger charge is -2.32. The van der Waals surface area contributed by atoms with Crippen LogP contribution in [0.5, 0.6) is 0 Å². The molecule has 2 fully saturated rings. The molecule has 346 valence electrons. The first-order chi connectivity index (χ1) is 30.5. The summed E-state index contributed by atoms with van der Waals surface area (Å²) in [5.74, 6) is 1.18. The predicted octanol–water partition coefficient (Wildman–Crippen LogP) is 10.6. The first-order valence-corrected chi connectivity index (χ1v) is 24.5. The summed E-state index contributed by atoms with van der Waals surface area (Å²) in [7, 11) is 0. The minimum atomic E-state index is -0.305. The zero-order valence-corrected chi connectivity index (χ0v) is 40.3. The molecule has 0 aliphatic carbocycles. The minimum absolute atomic E-state index is 0. The zero-order chi connectivity index (χ0) is 45.0. The van der Waals surface area contributed by atoms with Gasteiger partial charge in [0.15, 0.2) is 0 Å². The largest absolute Gasteiger partial charge is 0.355 e. The standard InChI is InChI=1S/C26H34BrN3O2.C25H32BrN3O2.CH4/c1-19(2)25(31)29-23-11-6-10-22(18-23)20-12-16-30(17-13-20)15-7-14-28-26(32)24(27)21-8-4-3-5-9-21;1-2-23(30)28-22-11-6-10-21(18-22)19-12-16-29(17-13-19)15-7-14-27-25(31)24(26)20-8-4-3-5-9-20;/h3-6,8-11,18-20,24H,7,12-17H2,1-2H3,(H,28,32)(H,29,31);3-6,8-11,18-19,24H,2,7,12-17H2,1H3,(H,27,31)(H,28,30);1H4. The van der Waals surface area contributed by atoms with E-state index in [4.69, 9.17) is 0 Å². The van der Waals surface area contributed by atoms with Gasteiger partial charge in [-0.2, -0.15) is 0 Å². The van der Waals surface area contributed by atoms with E-state index in [0.29, 0.717) is 31.3 Å². The van der Waals surface area contributed by atoms with Gasteiger partial charge in [0, 0.05) is 36.8 Å². The average Bonchev–Trinajstić information content (AvgIpc) is 3.32. The molecule has 2 saturated heterocycles. The van der Waals surface area contributed by atoms with E-state index >= 15 is 0 Å². The van der Waals surface area contributed by atoms with E-state index < -0.39 is 0 Å². The van der Waals surface area contributed by atoms with Gasteiger partial charge in [0.25, 0.3) is 0 Å². The van der Waals surface area contributed by atoms with Crippen LogP contribution >= 0.6 is 31.9 Å². The van der Waals surface area contributed by atoms with E-state index in [9.17, 15) is 19.2 Å². The zero-order valence-electron chi connectivity index (χ0n) is 37.2. The van der Waals surface area contributed by atoms with E-state index in [1.54, 1.807) is 0 Å². The van der Waals surface area contributed by atoms with Crippen molar-refractivity contribution in [3.63, 3.8) is 0 Å². The number of carbonyl (C=O) groups excluding carboxylic acids is 4. The lowest BCUT2D eigenvalue weighted by atomic mass is 9.89. The third-order valence-electron chi connectivity index (χ3n) is 11.8. The van der Waals surface area contributed by atoms with E-state index in [1.165, 1.54) is 11.1 Å². The molecule has 2 aliphatic rings. The van der Waals surface area contributed by atoms with E-state index in [2.05, 4.69) is 87.2 Å². The Hall–Kier alpha value is -4.36. The molecule has 10 nitrogen and oxygen atoms in total. The molecule has 0 saturated carbocycles. The summed E-state index contributed by atoms with van der Waals surface area (Å²) in [6.45, 7) is 13.3. The number of anilines is 2. The lowest BCUT2D eigenvalue weighted by molar-refractivity contribution is -0.121. The van der Waals surface area contributed by atoms with Crippen molar-refractivity contribution < 1.29 is 19.2 Å². The molecule has 0 aromatic heterocycles. The molecular weight excluding hydrogens is 932 g/mol. The van der Waals surface area contributed by atoms with Crippen molar-refractivity contribution in [2.75, 3.05) is 63.0 Å². The Kier molecular flexibility index (Phi) is 22.7. The number of carbonyl (C=O) groups is 4. The number of piperidine rings is 2.